The molecule has 1 aliphatic rings. The molecule has 1 N–H and O–H groups in total. The van der Waals surface area contributed by atoms with Gasteiger partial charge in [-0.05, 0) is 50.2 Å². The minimum absolute atomic E-state index is 0.0771. The van der Waals surface area contributed by atoms with Crippen molar-refractivity contribution >= 4 is 27.5 Å². The quantitative estimate of drug-likeness (QED) is 0.867. The number of fused-ring (bicyclic) bond motifs is 1. The maximum atomic E-state index is 12.6. The molecule has 3 rings (SSSR count). The molecule has 2 aromatic carbocycles. The lowest BCUT2D eigenvalue weighted by atomic mass is 10.2. The molecule has 26 heavy (non-hydrogen) atoms. The van der Waals surface area contributed by atoms with E-state index in [1.807, 2.05) is 6.92 Å². The summed E-state index contributed by atoms with van der Waals surface area (Å²) in [5.74, 6) is -0.639. The molecular formula is C18H18N2O5S. The first kappa shape index (κ1) is 17.9. The van der Waals surface area contributed by atoms with Gasteiger partial charge in [0.2, 0.25) is 5.91 Å². The van der Waals surface area contributed by atoms with E-state index in [0.29, 0.717) is 22.3 Å². The lowest BCUT2D eigenvalue weighted by Crippen LogP contribution is -2.45. The summed E-state index contributed by atoms with van der Waals surface area (Å²) in [4.78, 5) is 24.9. The van der Waals surface area contributed by atoms with Crippen molar-refractivity contribution in [1.82, 2.24) is 4.31 Å². The predicted molar refractivity (Wildman–Crippen MR) is 95.5 cm³/mol. The van der Waals surface area contributed by atoms with E-state index in [0.717, 1.165) is 0 Å². The number of hydrogen-bond donors (Lipinski definition) is 1. The van der Waals surface area contributed by atoms with E-state index < -0.39 is 27.9 Å². The summed E-state index contributed by atoms with van der Waals surface area (Å²) in [7, 11) is -4.04. The van der Waals surface area contributed by atoms with E-state index in [9.17, 15) is 18.0 Å². The molecule has 0 saturated carbocycles. The molecule has 0 aliphatic carbocycles. The Labute approximate surface area is 151 Å². The largest absolute Gasteiger partial charge is 0.494 e. The SMILES string of the molecule is CCOc1ccc(NC(=O)[C@H](C)N2C(=O)c3ccccc3S2(=O)=O)cc1. The summed E-state index contributed by atoms with van der Waals surface area (Å²) in [6.45, 7) is 3.77. The molecule has 0 aromatic heterocycles. The van der Waals surface area contributed by atoms with Crippen molar-refractivity contribution in [3.63, 3.8) is 0 Å². The lowest BCUT2D eigenvalue weighted by molar-refractivity contribution is -0.118. The lowest BCUT2D eigenvalue weighted by Gasteiger charge is -2.22. The number of rotatable bonds is 5. The highest BCUT2D eigenvalue weighted by Gasteiger charge is 2.45. The van der Waals surface area contributed by atoms with Crippen molar-refractivity contribution in [2.24, 2.45) is 0 Å². The van der Waals surface area contributed by atoms with Crippen LogP contribution in [0.5, 0.6) is 5.75 Å². The van der Waals surface area contributed by atoms with Gasteiger partial charge in [0.1, 0.15) is 16.7 Å². The average Bonchev–Trinajstić information content (AvgIpc) is 2.83. The fraction of sp³-hybridized carbons (Fsp3) is 0.222. The highest BCUT2D eigenvalue weighted by Crippen LogP contribution is 2.32. The second kappa shape index (κ2) is 6.80. The van der Waals surface area contributed by atoms with E-state index >= 15 is 0 Å². The molecule has 8 heteroatoms. The van der Waals surface area contributed by atoms with Gasteiger partial charge in [-0.1, -0.05) is 12.1 Å². The van der Waals surface area contributed by atoms with Crippen LogP contribution in [0.25, 0.3) is 0 Å². The van der Waals surface area contributed by atoms with Crippen molar-refractivity contribution in [2.45, 2.75) is 24.8 Å². The predicted octanol–water partition coefficient (Wildman–Crippen LogP) is 2.26. The van der Waals surface area contributed by atoms with Crippen LogP contribution >= 0.6 is 0 Å². The fourth-order valence-corrected chi connectivity index (χ4v) is 4.46. The van der Waals surface area contributed by atoms with Gasteiger partial charge in [-0.3, -0.25) is 9.59 Å². The van der Waals surface area contributed by atoms with Gasteiger partial charge in [-0.15, -0.1) is 0 Å². The van der Waals surface area contributed by atoms with Crippen molar-refractivity contribution in [1.29, 1.82) is 0 Å². The first-order chi connectivity index (χ1) is 12.4. The van der Waals surface area contributed by atoms with E-state index in [2.05, 4.69) is 5.32 Å². The highest BCUT2D eigenvalue weighted by atomic mass is 32.2. The Morgan fingerprint density at radius 1 is 1.15 bits per heavy atom. The van der Waals surface area contributed by atoms with Crippen molar-refractivity contribution in [3.8, 4) is 5.75 Å². The van der Waals surface area contributed by atoms with Gasteiger partial charge in [0.15, 0.2) is 0 Å². The van der Waals surface area contributed by atoms with E-state index in [4.69, 9.17) is 4.74 Å². The zero-order valence-electron chi connectivity index (χ0n) is 14.3. The van der Waals surface area contributed by atoms with E-state index in [-0.39, 0.29) is 10.5 Å². The minimum atomic E-state index is -4.04. The van der Waals surface area contributed by atoms with Gasteiger partial charge in [0.25, 0.3) is 15.9 Å². The second-order valence-electron chi connectivity index (χ2n) is 5.72. The van der Waals surface area contributed by atoms with Crippen molar-refractivity contribution in [2.75, 3.05) is 11.9 Å². The third kappa shape index (κ3) is 3.03. The normalized spacial score (nSPS) is 16.1. The number of sulfonamides is 1. The molecule has 1 heterocycles. The third-order valence-electron chi connectivity index (χ3n) is 4.02. The Balaban J connectivity index is 1.80. The molecule has 2 amide bonds. The molecule has 0 saturated heterocycles. The van der Waals surface area contributed by atoms with Gasteiger partial charge < -0.3 is 10.1 Å². The zero-order valence-corrected chi connectivity index (χ0v) is 15.1. The van der Waals surface area contributed by atoms with Gasteiger partial charge in [0.05, 0.1) is 12.2 Å². The van der Waals surface area contributed by atoms with Crippen LogP contribution in [0.1, 0.15) is 24.2 Å². The minimum Gasteiger partial charge on any atom is -0.494 e. The molecule has 1 aliphatic heterocycles. The molecule has 0 fully saturated rings. The van der Waals surface area contributed by atoms with Crippen LogP contribution < -0.4 is 10.1 Å². The number of carbonyl (C=O) groups is 2. The monoisotopic (exact) mass is 374 g/mol. The van der Waals surface area contributed by atoms with E-state index in [1.54, 1.807) is 30.3 Å². The van der Waals surface area contributed by atoms with Gasteiger partial charge in [0, 0.05) is 5.69 Å². The van der Waals surface area contributed by atoms with Crippen LogP contribution in [0.3, 0.4) is 0 Å². The molecule has 0 unspecified atom stereocenters. The van der Waals surface area contributed by atoms with Crippen molar-refractivity contribution < 1.29 is 22.7 Å². The maximum absolute atomic E-state index is 12.6. The molecule has 136 valence electrons. The average molecular weight is 374 g/mol. The number of hydrogen-bond acceptors (Lipinski definition) is 5. The summed E-state index contributed by atoms with van der Waals surface area (Å²) in [5.41, 5.74) is 0.556. The Morgan fingerprint density at radius 3 is 2.42 bits per heavy atom. The van der Waals surface area contributed by atoms with Gasteiger partial charge in [-0.2, -0.15) is 0 Å². The fourth-order valence-electron chi connectivity index (χ4n) is 2.74. The number of carbonyl (C=O) groups excluding carboxylic acids is 2. The number of anilines is 1. The summed E-state index contributed by atoms with van der Waals surface area (Å²) in [6, 6.07) is 11.4. The summed E-state index contributed by atoms with van der Waals surface area (Å²) in [6.07, 6.45) is 0. The first-order valence-corrected chi connectivity index (χ1v) is 9.51. The first-order valence-electron chi connectivity index (χ1n) is 8.07. The molecule has 0 bridgehead atoms. The van der Waals surface area contributed by atoms with Crippen LogP contribution in [0.15, 0.2) is 53.4 Å². The van der Waals surface area contributed by atoms with E-state index in [1.165, 1.54) is 25.1 Å². The van der Waals surface area contributed by atoms with Crippen LogP contribution in [0, 0.1) is 0 Å². The third-order valence-corrected chi connectivity index (χ3v) is 5.93. The standard InChI is InChI=1S/C18H18N2O5S/c1-3-25-14-10-8-13(9-11-14)19-17(21)12(2)20-18(22)15-6-4-5-7-16(15)26(20,23)24/h4-12H,3H2,1-2H3,(H,19,21)/t12-/m0/s1. The van der Waals surface area contributed by atoms with Crippen LogP contribution in [-0.4, -0.2) is 37.2 Å². The van der Waals surface area contributed by atoms with Gasteiger partial charge >= 0.3 is 0 Å². The molecule has 2 aromatic rings. The highest BCUT2D eigenvalue weighted by molar-refractivity contribution is 7.90. The Kier molecular flexibility index (Phi) is 4.69. The van der Waals surface area contributed by atoms with Crippen LogP contribution in [0.4, 0.5) is 5.69 Å². The molecule has 0 radical (unpaired) electrons. The molecule has 0 spiro atoms. The zero-order chi connectivity index (χ0) is 18.9. The summed E-state index contributed by atoms with van der Waals surface area (Å²) < 4.78 is 31.2. The second-order valence-corrected chi connectivity index (χ2v) is 7.51. The number of nitrogens with one attached hydrogen (secondary N) is 1. The number of benzene rings is 2. The number of nitrogens with zero attached hydrogens (tertiary/aromatic N) is 1. The van der Waals surface area contributed by atoms with Crippen LogP contribution in [0.2, 0.25) is 0 Å². The topological polar surface area (TPSA) is 92.8 Å². The summed E-state index contributed by atoms with van der Waals surface area (Å²) in [5, 5.41) is 2.62. The number of ether oxygens (including phenoxy) is 1. The molecule has 1 atom stereocenters. The number of amides is 2. The molecule has 7 nitrogen and oxygen atoms in total. The summed E-state index contributed by atoms with van der Waals surface area (Å²) >= 11 is 0. The Morgan fingerprint density at radius 2 is 1.81 bits per heavy atom. The Bertz CT molecular complexity index is 954. The molecular weight excluding hydrogens is 356 g/mol. The van der Waals surface area contributed by atoms with Crippen LogP contribution in [-0.2, 0) is 14.8 Å². The van der Waals surface area contributed by atoms with Gasteiger partial charge in [-0.25, -0.2) is 12.7 Å². The smallest absolute Gasteiger partial charge is 0.269 e. The maximum Gasteiger partial charge on any atom is 0.269 e. The Hall–Kier alpha value is -2.87. The van der Waals surface area contributed by atoms with Crippen molar-refractivity contribution in [3.05, 3.63) is 54.1 Å².